The lowest BCUT2D eigenvalue weighted by atomic mass is 10.1. The van der Waals surface area contributed by atoms with Crippen LogP contribution in [0.25, 0.3) is 0 Å². The predicted molar refractivity (Wildman–Crippen MR) is 107 cm³/mol. The normalized spacial score (nSPS) is 10.7. The lowest BCUT2D eigenvalue weighted by Gasteiger charge is -2.15. The summed E-state index contributed by atoms with van der Waals surface area (Å²) in [6, 6.07) is 17.1. The Morgan fingerprint density at radius 3 is 2.37 bits per heavy atom. The maximum absolute atomic E-state index is 12.9. The highest BCUT2D eigenvalue weighted by atomic mass is 79.9. The number of hydrogen-bond acceptors (Lipinski definition) is 4. The fourth-order valence-electron chi connectivity index (χ4n) is 2.77. The molecular weight excluding hydrogens is 410 g/mol. The number of pyridine rings is 1. The predicted octanol–water partition coefficient (Wildman–Crippen LogP) is 3.48. The van der Waals surface area contributed by atoms with Crippen LogP contribution in [0.1, 0.15) is 16.7 Å². The first-order valence-corrected chi connectivity index (χ1v) is 9.35. The summed E-state index contributed by atoms with van der Waals surface area (Å²) >= 11 is 3.39. The van der Waals surface area contributed by atoms with E-state index in [-0.39, 0.29) is 36.8 Å². The van der Waals surface area contributed by atoms with Crippen LogP contribution < -0.4 is 10.2 Å². The van der Waals surface area contributed by atoms with Gasteiger partial charge in [-0.3, -0.25) is 4.79 Å². The molecule has 2 N–H and O–H groups in total. The van der Waals surface area contributed by atoms with Crippen molar-refractivity contribution in [1.82, 2.24) is 4.57 Å². The van der Waals surface area contributed by atoms with E-state index in [2.05, 4.69) is 15.9 Å². The van der Waals surface area contributed by atoms with Crippen LogP contribution in [0.4, 0.5) is 0 Å². The molecule has 0 spiro atoms. The summed E-state index contributed by atoms with van der Waals surface area (Å²) in [5, 5.41) is 19.7. The van der Waals surface area contributed by atoms with Gasteiger partial charge in [0.25, 0.3) is 0 Å². The standard InChI is InChI=1S/C21H20BrNO4/c22-18-8-6-15(7-9-18)12-17-13-23(10-11-24)21(26)20(19(17)25)27-14-16-4-2-1-3-5-16/h1-9,13,24,26H,10-12,14H2. The van der Waals surface area contributed by atoms with E-state index in [1.807, 2.05) is 54.6 Å². The van der Waals surface area contributed by atoms with Crippen molar-refractivity contribution in [3.8, 4) is 11.6 Å². The average Bonchev–Trinajstić information content (AvgIpc) is 2.68. The van der Waals surface area contributed by atoms with Crippen LogP contribution in [0.2, 0.25) is 0 Å². The van der Waals surface area contributed by atoms with E-state index in [4.69, 9.17) is 4.74 Å². The molecule has 0 atom stereocenters. The first-order valence-electron chi connectivity index (χ1n) is 8.56. The van der Waals surface area contributed by atoms with E-state index >= 15 is 0 Å². The number of halogens is 1. The van der Waals surface area contributed by atoms with Gasteiger partial charge < -0.3 is 19.5 Å². The second-order valence-electron chi connectivity index (χ2n) is 6.13. The maximum atomic E-state index is 12.9. The molecule has 0 bridgehead atoms. The zero-order valence-corrected chi connectivity index (χ0v) is 16.2. The van der Waals surface area contributed by atoms with Gasteiger partial charge in [-0.2, -0.15) is 0 Å². The SMILES string of the molecule is O=c1c(Cc2ccc(Br)cc2)cn(CCO)c(O)c1OCc1ccccc1. The molecule has 1 aromatic heterocycles. The first-order chi connectivity index (χ1) is 13.1. The molecular formula is C21H20BrNO4. The number of aromatic nitrogens is 1. The number of benzene rings is 2. The van der Waals surface area contributed by atoms with Crippen LogP contribution in [0.15, 0.2) is 70.1 Å². The van der Waals surface area contributed by atoms with Gasteiger partial charge in [0, 0.05) is 29.2 Å². The number of nitrogens with zero attached hydrogens (tertiary/aromatic N) is 1. The van der Waals surface area contributed by atoms with Gasteiger partial charge in [0.05, 0.1) is 6.61 Å². The van der Waals surface area contributed by atoms with Crippen molar-refractivity contribution in [1.29, 1.82) is 0 Å². The minimum absolute atomic E-state index is 0.0954. The third-order valence-electron chi connectivity index (χ3n) is 4.16. The van der Waals surface area contributed by atoms with Crippen molar-refractivity contribution in [2.45, 2.75) is 19.6 Å². The largest absolute Gasteiger partial charge is 0.492 e. The van der Waals surface area contributed by atoms with Crippen molar-refractivity contribution in [3.05, 3.63) is 92.2 Å². The quantitative estimate of drug-likeness (QED) is 0.602. The van der Waals surface area contributed by atoms with Gasteiger partial charge in [-0.25, -0.2) is 0 Å². The molecule has 0 saturated carbocycles. The Balaban J connectivity index is 1.94. The molecule has 27 heavy (non-hydrogen) atoms. The van der Waals surface area contributed by atoms with E-state index in [0.29, 0.717) is 12.0 Å². The molecule has 0 aliphatic heterocycles. The van der Waals surface area contributed by atoms with Crippen LogP contribution in [0.5, 0.6) is 11.6 Å². The summed E-state index contributed by atoms with van der Waals surface area (Å²) in [5.41, 5.74) is 2.00. The molecule has 0 aliphatic carbocycles. The molecule has 2 aromatic carbocycles. The topological polar surface area (TPSA) is 71.7 Å². The number of aliphatic hydroxyl groups excluding tert-OH is 1. The fourth-order valence-corrected chi connectivity index (χ4v) is 3.04. The molecule has 0 radical (unpaired) electrons. The van der Waals surface area contributed by atoms with Gasteiger partial charge in [-0.15, -0.1) is 0 Å². The van der Waals surface area contributed by atoms with Crippen molar-refractivity contribution >= 4 is 15.9 Å². The van der Waals surface area contributed by atoms with Gasteiger partial charge in [-0.05, 0) is 23.3 Å². The van der Waals surface area contributed by atoms with Gasteiger partial charge in [0.2, 0.25) is 17.1 Å². The molecule has 3 rings (SSSR count). The van der Waals surface area contributed by atoms with Crippen LogP contribution in [0, 0.1) is 0 Å². The Labute approximate surface area is 165 Å². The molecule has 0 saturated heterocycles. The zero-order valence-electron chi connectivity index (χ0n) is 14.6. The summed E-state index contributed by atoms with van der Waals surface area (Å²) in [6.07, 6.45) is 1.98. The fraction of sp³-hybridized carbons (Fsp3) is 0.190. The highest BCUT2D eigenvalue weighted by Crippen LogP contribution is 2.24. The first kappa shape index (κ1) is 19.2. The molecule has 1 heterocycles. The number of ether oxygens (including phenoxy) is 1. The van der Waals surface area contributed by atoms with Crippen molar-refractivity contribution in [2.24, 2.45) is 0 Å². The van der Waals surface area contributed by atoms with Gasteiger partial charge in [-0.1, -0.05) is 58.4 Å². The Morgan fingerprint density at radius 1 is 1.00 bits per heavy atom. The molecule has 6 heteroatoms. The third kappa shape index (κ3) is 4.78. The maximum Gasteiger partial charge on any atom is 0.239 e. The number of aliphatic hydroxyl groups is 1. The van der Waals surface area contributed by atoms with Gasteiger partial charge >= 0.3 is 0 Å². The minimum Gasteiger partial charge on any atom is -0.492 e. The second kappa shape index (κ2) is 8.88. The van der Waals surface area contributed by atoms with Crippen LogP contribution in [-0.4, -0.2) is 21.4 Å². The number of rotatable bonds is 7. The molecule has 0 unspecified atom stereocenters. The van der Waals surface area contributed by atoms with Crippen LogP contribution >= 0.6 is 15.9 Å². The molecule has 3 aromatic rings. The number of aromatic hydroxyl groups is 1. The molecule has 0 fully saturated rings. The second-order valence-corrected chi connectivity index (χ2v) is 7.05. The minimum atomic E-state index is -0.347. The van der Waals surface area contributed by atoms with E-state index < -0.39 is 0 Å². The summed E-state index contributed by atoms with van der Waals surface area (Å²) < 4.78 is 8.07. The third-order valence-corrected chi connectivity index (χ3v) is 4.69. The molecule has 0 amide bonds. The highest BCUT2D eigenvalue weighted by Gasteiger charge is 2.17. The van der Waals surface area contributed by atoms with Crippen LogP contribution in [-0.2, 0) is 19.6 Å². The Kier molecular flexibility index (Phi) is 6.32. The van der Waals surface area contributed by atoms with Crippen molar-refractivity contribution in [3.63, 3.8) is 0 Å². The van der Waals surface area contributed by atoms with E-state index in [1.54, 1.807) is 6.20 Å². The number of hydrogen-bond donors (Lipinski definition) is 2. The van der Waals surface area contributed by atoms with Gasteiger partial charge in [0.15, 0.2) is 0 Å². The lowest BCUT2D eigenvalue weighted by molar-refractivity contribution is 0.249. The van der Waals surface area contributed by atoms with Crippen molar-refractivity contribution < 1.29 is 14.9 Å². The summed E-state index contributed by atoms with van der Waals surface area (Å²) in [6.45, 7) is 0.179. The Bertz CT molecular complexity index is 952. The van der Waals surface area contributed by atoms with E-state index in [0.717, 1.165) is 15.6 Å². The Morgan fingerprint density at radius 2 is 1.70 bits per heavy atom. The summed E-state index contributed by atoms with van der Waals surface area (Å²) in [7, 11) is 0. The monoisotopic (exact) mass is 429 g/mol. The molecule has 5 nitrogen and oxygen atoms in total. The smallest absolute Gasteiger partial charge is 0.239 e. The zero-order chi connectivity index (χ0) is 19.2. The van der Waals surface area contributed by atoms with E-state index in [9.17, 15) is 15.0 Å². The Hall–Kier alpha value is -2.57. The summed E-state index contributed by atoms with van der Waals surface area (Å²) in [5.74, 6) is -0.369. The van der Waals surface area contributed by atoms with Crippen molar-refractivity contribution in [2.75, 3.05) is 6.61 Å². The molecule has 140 valence electrons. The van der Waals surface area contributed by atoms with Crippen LogP contribution in [0.3, 0.4) is 0 Å². The van der Waals surface area contributed by atoms with E-state index in [1.165, 1.54) is 4.57 Å². The summed E-state index contributed by atoms with van der Waals surface area (Å²) in [4.78, 5) is 12.9. The average molecular weight is 430 g/mol. The lowest BCUT2D eigenvalue weighted by Crippen LogP contribution is -2.18. The van der Waals surface area contributed by atoms with Gasteiger partial charge in [0.1, 0.15) is 6.61 Å². The molecule has 0 aliphatic rings. The highest BCUT2D eigenvalue weighted by molar-refractivity contribution is 9.10.